The number of rotatable bonds is 3. The van der Waals surface area contributed by atoms with E-state index in [0.717, 1.165) is 0 Å². The van der Waals surface area contributed by atoms with Crippen LogP contribution < -0.4 is 5.43 Å². The van der Waals surface area contributed by atoms with Gasteiger partial charge < -0.3 is 0 Å². The molecule has 1 heterocycles. The lowest BCUT2D eigenvalue weighted by Gasteiger charge is -2.03. The molecule has 0 spiro atoms. The predicted molar refractivity (Wildman–Crippen MR) is 64.3 cm³/mol. The summed E-state index contributed by atoms with van der Waals surface area (Å²) in [7, 11) is 0. The van der Waals surface area contributed by atoms with Crippen LogP contribution in [0, 0.1) is 36.0 Å². The van der Waals surface area contributed by atoms with Crippen molar-refractivity contribution in [3.8, 4) is 0 Å². The zero-order valence-electron chi connectivity index (χ0n) is 9.85. The van der Waals surface area contributed by atoms with Gasteiger partial charge in [0.15, 0.2) is 23.3 Å². The number of hydrazone groups is 1. The second-order valence-corrected chi connectivity index (χ2v) is 4.51. The summed E-state index contributed by atoms with van der Waals surface area (Å²) in [5.74, 6) is -10.1. The summed E-state index contributed by atoms with van der Waals surface area (Å²) >= 11 is 1.17. The van der Waals surface area contributed by atoms with Crippen molar-refractivity contribution >= 4 is 22.7 Å². The van der Waals surface area contributed by atoms with E-state index >= 15 is 0 Å². The van der Waals surface area contributed by atoms with Crippen molar-refractivity contribution in [2.75, 3.05) is 5.43 Å². The molecule has 106 valence electrons. The fourth-order valence-corrected chi connectivity index (χ4v) is 1.93. The third-order valence-corrected chi connectivity index (χ3v) is 3.08. The molecule has 0 aliphatic rings. The molecule has 1 aromatic carbocycles. The topological polar surface area (TPSA) is 37.3 Å². The van der Waals surface area contributed by atoms with E-state index < -0.39 is 34.6 Å². The summed E-state index contributed by atoms with van der Waals surface area (Å²) in [5, 5.41) is 5.41. The number of halogens is 5. The Labute approximate surface area is 113 Å². The molecule has 0 unspecified atom stereocenters. The van der Waals surface area contributed by atoms with Crippen LogP contribution in [0.3, 0.4) is 0 Å². The predicted octanol–water partition coefficient (Wildman–Crippen LogP) is 3.59. The highest BCUT2D eigenvalue weighted by molar-refractivity contribution is 7.13. The second kappa shape index (κ2) is 5.53. The first-order chi connectivity index (χ1) is 9.41. The van der Waals surface area contributed by atoms with Crippen molar-refractivity contribution in [1.29, 1.82) is 0 Å². The molecule has 0 amide bonds. The summed E-state index contributed by atoms with van der Waals surface area (Å²) in [5.41, 5.74) is 1.90. The van der Waals surface area contributed by atoms with Gasteiger partial charge in [-0.25, -0.2) is 26.9 Å². The Hall–Kier alpha value is -2.03. The van der Waals surface area contributed by atoms with Crippen molar-refractivity contribution in [3.63, 3.8) is 0 Å². The monoisotopic (exact) mass is 307 g/mol. The summed E-state index contributed by atoms with van der Waals surface area (Å²) in [6.07, 6.45) is 0.507. The van der Waals surface area contributed by atoms with Crippen molar-refractivity contribution in [2.24, 2.45) is 5.10 Å². The van der Waals surface area contributed by atoms with Crippen LogP contribution in [0.25, 0.3) is 0 Å². The van der Waals surface area contributed by atoms with E-state index in [1.54, 1.807) is 12.3 Å². The van der Waals surface area contributed by atoms with E-state index in [2.05, 4.69) is 15.5 Å². The Kier molecular flexibility index (Phi) is 3.98. The standard InChI is InChI=1S/C11H6F5N3S/c1-4-3-20-11(18-4)19-17-2-5-6(12)8(14)10(16)9(15)7(5)13/h2-3H,1H3,(H,18,19). The van der Waals surface area contributed by atoms with Crippen LogP contribution in [0.15, 0.2) is 10.5 Å². The maximum Gasteiger partial charge on any atom is 0.203 e. The van der Waals surface area contributed by atoms with Crippen molar-refractivity contribution in [2.45, 2.75) is 6.92 Å². The molecule has 0 aliphatic carbocycles. The van der Waals surface area contributed by atoms with E-state index in [4.69, 9.17) is 0 Å². The first-order valence-corrected chi connectivity index (χ1v) is 6.02. The number of hydrogen-bond acceptors (Lipinski definition) is 4. The van der Waals surface area contributed by atoms with Crippen LogP contribution in [0.4, 0.5) is 27.1 Å². The summed E-state index contributed by atoms with van der Waals surface area (Å²) < 4.78 is 65.2. The van der Waals surface area contributed by atoms with Crippen molar-refractivity contribution < 1.29 is 22.0 Å². The lowest BCUT2D eigenvalue weighted by molar-refractivity contribution is 0.377. The highest BCUT2D eigenvalue weighted by atomic mass is 32.1. The molecular weight excluding hydrogens is 301 g/mol. The molecule has 1 N–H and O–H groups in total. The van der Waals surface area contributed by atoms with Crippen LogP contribution in [0.5, 0.6) is 0 Å². The average molecular weight is 307 g/mol. The van der Waals surface area contributed by atoms with Gasteiger partial charge in [0.2, 0.25) is 10.9 Å². The molecule has 0 fully saturated rings. The van der Waals surface area contributed by atoms with Gasteiger partial charge in [-0.15, -0.1) is 11.3 Å². The number of nitrogens with zero attached hydrogens (tertiary/aromatic N) is 2. The Morgan fingerprint density at radius 1 is 1.05 bits per heavy atom. The molecule has 3 nitrogen and oxygen atoms in total. The zero-order chi connectivity index (χ0) is 14.9. The molecule has 0 bridgehead atoms. The number of thiazole rings is 1. The van der Waals surface area contributed by atoms with Gasteiger partial charge in [-0.2, -0.15) is 5.10 Å². The summed E-state index contributed by atoms with van der Waals surface area (Å²) in [6, 6.07) is 0. The largest absolute Gasteiger partial charge is 0.253 e. The molecule has 0 aliphatic heterocycles. The number of hydrogen-bond donors (Lipinski definition) is 1. The molecule has 0 saturated carbocycles. The molecule has 20 heavy (non-hydrogen) atoms. The number of aromatic nitrogens is 1. The average Bonchev–Trinajstić information content (AvgIpc) is 2.84. The summed E-state index contributed by atoms with van der Waals surface area (Å²) in [6.45, 7) is 1.72. The maximum atomic E-state index is 13.3. The number of benzene rings is 1. The Morgan fingerprint density at radius 2 is 1.60 bits per heavy atom. The zero-order valence-corrected chi connectivity index (χ0v) is 10.7. The van der Waals surface area contributed by atoms with Gasteiger partial charge in [0.05, 0.1) is 17.5 Å². The van der Waals surface area contributed by atoms with E-state index in [1.165, 1.54) is 11.3 Å². The lowest BCUT2D eigenvalue weighted by atomic mass is 10.2. The molecule has 1 aromatic heterocycles. The molecule has 0 radical (unpaired) electrons. The van der Waals surface area contributed by atoms with Crippen LogP contribution in [0.1, 0.15) is 11.3 Å². The van der Waals surface area contributed by atoms with Gasteiger partial charge in [-0.3, -0.25) is 5.43 Å². The molecule has 0 saturated heterocycles. The smallest absolute Gasteiger partial charge is 0.203 e. The maximum absolute atomic E-state index is 13.3. The molecule has 2 rings (SSSR count). The third-order valence-electron chi connectivity index (χ3n) is 2.22. The van der Waals surface area contributed by atoms with E-state index in [9.17, 15) is 22.0 Å². The second-order valence-electron chi connectivity index (χ2n) is 3.65. The van der Waals surface area contributed by atoms with Crippen LogP contribution in [-0.4, -0.2) is 11.2 Å². The number of aryl methyl sites for hydroxylation is 1. The van der Waals surface area contributed by atoms with Gasteiger partial charge >= 0.3 is 0 Å². The third kappa shape index (κ3) is 2.62. The van der Waals surface area contributed by atoms with Crippen molar-refractivity contribution in [3.05, 3.63) is 45.7 Å². The van der Waals surface area contributed by atoms with Crippen molar-refractivity contribution in [1.82, 2.24) is 4.98 Å². The van der Waals surface area contributed by atoms with E-state index in [0.29, 0.717) is 17.0 Å². The van der Waals surface area contributed by atoms with E-state index in [1.807, 2.05) is 0 Å². The van der Waals surface area contributed by atoms with Gasteiger partial charge in [0.1, 0.15) is 0 Å². The first kappa shape index (κ1) is 14.4. The SMILES string of the molecule is Cc1csc(NN=Cc2c(F)c(F)c(F)c(F)c2F)n1. The molecule has 0 atom stereocenters. The lowest BCUT2D eigenvalue weighted by Crippen LogP contribution is -2.07. The van der Waals surface area contributed by atoms with Gasteiger partial charge in [0, 0.05) is 5.38 Å². The van der Waals surface area contributed by atoms with Crippen LogP contribution >= 0.6 is 11.3 Å². The fourth-order valence-electron chi connectivity index (χ4n) is 1.29. The Bertz CT molecular complexity index is 654. The number of anilines is 1. The minimum absolute atomic E-state index is 0.322. The minimum Gasteiger partial charge on any atom is -0.253 e. The highest BCUT2D eigenvalue weighted by Crippen LogP contribution is 2.22. The molecule has 2 aromatic rings. The quantitative estimate of drug-likeness (QED) is 0.309. The Balaban J connectivity index is 2.29. The minimum atomic E-state index is -2.21. The van der Waals surface area contributed by atoms with Gasteiger partial charge in [-0.05, 0) is 6.92 Å². The van der Waals surface area contributed by atoms with Crippen LogP contribution in [0.2, 0.25) is 0 Å². The molecule has 9 heteroatoms. The number of nitrogens with one attached hydrogen (secondary N) is 1. The fraction of sp³-hybridized carbons (Fsp3) is 0.0909. The Morgan fingerprint density at radius 3 is 2.10 bits per heavy atom. The normalized spacial score (nSPS) is 11.3. The summed E-state index contributed by atoms with van der Waals surface area (Å²) in [4.78, 5) is 3.93. The van der Waals surface area contributed by atoms with Gasteiger partial charge in [-0.1, -0.05) is 0 Å². The van der Waals surface area contributed by atoms with E-state index in [-0.39, 0.29) is 0 Å². The van der Waals surface area contributed by atoms with Gasteiger partial charge in [0.25, 0.3) is 0 Å². The van der Waals surface area contributed by atoms with Crippen LogP contribution in [-0.2, 0) is 0 Å². The highest BCUT2D eigenvalue weighted by Gasteiger charge is 2.24. The first-order valence-electron chi connectivity index (χ1n) is 5.14. The molecular formula is C11H6F5N3S.